The first kappa shape index (κ1) is 19.0. The zero-order valence-corrected chi connectivity index (χ0v) is 16.4. The average molecular weight is 424 g/mol. The monoisotopic (exact) mass is 423 g/mol. The van der Waals surface area contributed by atoms with E-state index in [-0.39, 0.29) is 0 Å². The number of carbonyl (C=O) groups is 1. The lowest BCUT2D eigenvalue weighted by Gasteiger charge is -2.10. The first-order chi connectivity index (χ1) is 14.1. The number of anilines is 2. The summed E-state index contributed by atoms with van der Waals surface area (Å²) in [6.07, 6.45) is 7.51. The highest BCUT2D eigenvalue weighted by Crippen LogP contribution is 2.34. The van der Waals surface area contributed by atoms with Crippen molar-refractivity contribution in [2.75, 3.05) is 5.32 Å². The summed E-state index contributed by atoms with van der Waals surface area (Å²) in [5, 5.41) is 14.2. The van der Waals surface area contributed by atoms with Crippen LogP contribution < -0.4 is 5.32 Å². The van der Waals surface area contributed by atoms with Gasteiger partial charge in [0, 0.05) is 34.4 Å². The van der Waals surface area contributed by atoms with E-state index in [9.17, 15) is 4.79 Å². The highest BCUT2D eigenvalue weighted by atomic mass is 35.5. The Labute approximate surface area is 174 Å². The molecule has 2 aromatic carbocycles. The number of nitrogens with zero attached hydrogens (tertiary/aromatic N) is 3. The number of hydrogen-bond donors (Lipinski definition) is 3. The number of hydrogen-bond acceptors (Lipinski definition) is 6. The minimum absolute atomic E-state index is 0.593. The maximum Gasteiger partial charge on any atom is 0.328 e. The maximum atomic E-state index is 10.7. The highest BCUT2D eigenvalue weighted by molar-refractivity contribution is 7.99. The van der Waals surface area contributed by atoms with Crippen molar-refractivity contribution in [3.05, 3.63) is 71.8 Å². The number of nitrogens with one attached hydrogen (secondary N) is 2. The van der Waals surface area contributed by atoms with Crippen LogP contribution in [0.5, 0.6) is 0 Å². The molecule has 2 heterocycles. The highest BCUT2D eigenvalue weighted by Gasteiger charge is 2.09. The number of benzene rings is 2. The number of carboxylic acids is 1. The molecule has 0 radical (unpaired) electrons. The van der Waals surface area contributed by atoms with Crippen LogP contribution >= 0.6 is 23.4 Å². The van der Waals surface area contributed by atoms with E-state index >= 15 is 0 Å². The fourth-order valence-corrected chi connectivity index (χ4v) is 3.69. The smallest absolute Gasteiger partial charge is 0.328 e. The Bertz CT molecular complexity index is 1210. The van der Waals surface area contributed by atoms with Crippen molar-refractivity contribution in [2.45, 2.75) is 10.1 Å². The summed E-state index contributed by atoms with van der Waals surface area (Å²) in [5.41, 5.74) is 2.23. The summed E-state index contributed by atoms with van der Waals surface area (Å²) in [5.74, 6) is -0.369. The molecule has 0 aliphatic rings. The second-order valence-electron chi connectivity index (χ2n) is 5.94. The van der Waals surface area contributed by atoms with E-state index in [1.807, 2.05) is 30.3 Å². The van der Waals surface area contributed by atoms with Gasteiger partial charge in [-0.25, -0.2) is 19.7 Å². The molecule has 0 aliphatic heterocycles. The van der Waals surface area contributed by atoms with Gasteiger partial charge in [-0.05, 0) is 42.0 Å². The third-order valence-electron chi connectivity index (χ3n) is 3.95. The number of rotatable bonds is 6. The lowest BCUT2D eigenvalue weighted by Crippen LogP contribution is -1.96. The number of carboxylic acid groups (broad SMARTS) is 1. The molecule has 4 rings (SSSR count). The summed E-state index contributed by atoms with van der Waals surface area (Å²) >= 11 is 7.87. The summed E-state index contributed by atoms with van der Waals surface area (Å²) in [7, 11) is 0. The zero-order valence-electron chi connectivity index (χ0n) is 14.8. The number of H-pyrrole nitrogens is 1. The van der Waals surface area contributed by atoms with Crippen LogP contribution in [-0.2, 0) is 4.79 Å². The summed E-state index contributed by atoms with van der Waals surface area (Å²) in [6, 6.07) is 11.1. The van der Waals surface area contributed by atoms with Crippen molar-refractivity contribution in [1.29, 1.82) is 0 Å². The predicted molar refractivity (Wildman–Crippen MR) is 114 cm³/mol. The molecule has 29 heavy (non-hydrogen) atoms. The van der Waals surface area contributed by atoms with E-state index in [0.29, 0.717) is 16.4 Å². The molecule has 144 valence electrons. The van der Waals surface area contributed by atoms with Crippen molar-refractivity contribution in [3.63, 3.8) is 0 Å². The van der Waals surface area contributed by atoms with E-state index in [0.717, 1.165) is 32.8 Å². The van der Waals surface area contributed by atoms with Gasteiger partial charge < -0.3 is 15.4 Å². The Morgan fingerprint density at radius 1 is 1.17 bits per heavy atom. The molecular formula is C20H14ClN5O2S. The molecule has 0 bridgehead atoms. The van der Waals surface area contributed by atoms with Gasteiger partial charge in [0.1, 0.15) is 12.1 Å². The fraction of sp³-hybridized carbons (Fsp3) is 0. The molecule has 0 saturated carbocycles. The Morgan fingerprint density at radius 3 is 2.83 bits per heavy atom. The normalized spacial score (nSPS) is 11.2. The first-order valence-electron chi connectivity index (χ1n) is 8.48. The van der Waals surface area contributed by atoms with Crippen LogP contribution in [-0.4, -0.2) is 31.0 Å². The van der Waals surface area contributed by atoms with Gasteiger partial charge >= 0.3 is 5.97 Å². The number of halogens is 1. The molecule has 0 fully saturated rings. The van der Waals surface area contributed by atoms with Gasteiger partial charge in [0.05, 0.1) is 10.5 Å². The molecule has 0 atom stereocenters. The molecule has 3 N–H and O–H groups in total. The minimum atomic E-state index is -0.999. The van der Waals surface area contributed by atoms with Crippen molar-refractivity contribution >= 4 is 57.8 Å². The third kappa shape index (κ3) is 4.56. The number of aromatic amines is 1. The van der Waals surface area contributed by atoms with Gasteiger partial charge in [0.2, 0.25) is 0 Å². The summed E-state index contributed by atoms with van der Waals surface area (Å²) < 4.78 is 0. The van der Waals surface area contributed by atoms with Gasteiger partial charge in [-0.2, -0.15) is 0 Å². The molecule has 2 aromatic heterocycles. The van der Waals surface area contributed by atoms with Crippen LogP contribution in [0.1, 0.15) is 5.56 Å². The Kier molecular flexibility index (Phi) is 5.46. The largest absolute Gasteiger partial charge is 0.478 e. The molecule has 0 saturated heterocycles. The van der Waals surface area contributed by atoms with Crippen molar-refractivity contribution in [2.24, 2.45) is 0 Å². The number of fused-ring (bicyclic) bond motifs is 1. The number of imidazole rings is 1. The van der Waals surface area contributed by atoms with E-state index in [4.69, 9.17) is 16.7 Å². The topological polar surface area (TPSA) is 104 Å². The zero-order chi connectivity index (χ0) is 20.2. The Hall–Kier alpha value is -3.36. The van der Waals surface area contributed by atoms with Crippen LogP contribution in [0.4, 0.5) is 11.5 Å². The van der Waals surface area contributed by atoms with Gasteiger partial charge in [-0.3, -0.25) is 0 Å². The average Bonchev–Trinajstić information content (AvgIpc) is 3.22. The van der Waals surface area contributed by atoms with Crippen molar-refractivity contribution in [3.8, 4) is 0 Å². The Morgan fingerprint density at radius 2 is 2.07 bits per heavy atom. The van der Waals surface area contributed by atoms with Crippen LogP contribution in [0.15, 0.2) is 71.2 Å². The van der Waals surface area contributed by atoms with Crippen LogP contribution in [0, 0.1) is 0 Å². The van der Waals surface area contributed by atoms with E-state index < -0.39 is 5.97 Å². The standard InChI is InChI=1S/C20H14ClN5O2S/c21-15-10-13(3-5-17(15)29-20-22-7-8-23-20)26-19-14-4-1-12(2-6-18(27)28)9-16(14)24-11-25-19/h1-11H,(H,22,23)(H,27,28)(H,24,25,26). The fourth-order valence-electron chi connectivity index (χ4n) is 2.65. The lowest BCUT2D eigenvalue weighted by atomic mass is 10.1. The van der Waals surface area contributed by atoms with Gasteiger partial charge in [-0.15, -0.1) is 0 Å². The van der Waals surface area contributed by atoms with Crippen LogP contribution in [0.2, 0.25) is 5.02 Å². The van der Waals surface area contributed by atoms with E-state index in [1.165, 1.54) is 24.2 Å². The molecule has 0 amide bonds. The summed E-state index contributed by atoms with van der Waals surface area (Å²) in [6.45, 7) is 0. The van der Waals surface area contributed by atoms with Crippen molar-refractivity contribution < 1.29 is 9.90 Å². The molecule has 4 aromatic rings. The predicted octanol–water partition coefficient (Wildman–Crippen LogP) is 5.00. The third-order valence-corrected chi connectivity index (χ3v) is 5.37. The molecule has 9 heteroatoms. The Balaban J connectivity index is 1.59. The second kappa shape index (κ2) is 8.34. The molecule has 7 nitrogen and oxygen atoms in total. The number of aromatic nitrogens is 4. The number of aliphatic carboxylic acids is 1. The first-order valence-corrected chi connectivity index (χ1v) is 9.67. The van der Waals surface area contributed by atoms with E-state index in [1.54, 1.807) is 18.5 Å². The molecule has 0 aliphatic carbocycles. The minimum Gasteiger partial charge on any atom is -0.478 e. The van der Waals surface area contributed by atoms with Gasteiger partial charge in [-0.1, -0.05) is 29.4 Å². The van der Waals surface area contributed by atoms with E-state index in [2.05, 4.69) is 25.3 Å². The maximum absolute atomic E-state index is 10.7. The van der Waals surface area contributed by atoms with Crippen LogP contribution in [0.3, 0.4) is 0 Å². The second-order valence-corrected chi connectivity index (χ2v) is 7.37. The SMILES string of the molecule is O=C(O)C=Cc1ccc2c(Nc3ccc(Sc4ncc[nH]4)c(Cl)c3)ncnc2c1. The molecule has 0 spiro atoms. The quantitative estimate of drug-likeness (QED) is 0.375. The van der Waals surface area contributed by atoms with Gasteiger partial charge in [0.15, 0.2) is 5.16 Å². The lowest BCUT2D eigenvalue weighted by molar-refractivity contribution is -0.131. The molecule has 0 unspecified atom stereocenters. The van der Waals surface area contributed by atoms with Gasteiger partial charge in [0.25, 0.3) is 0 Å². The molecular weight excluding hydrogens is 410 g/mol. The summed E-state index contributed by atoms with van der Waals surface area (Å²) in [4.78, 5) is 27.4. The van der Waals surface area contributed by atoms with Crippen molar-refractivity contribution in [1.82, 2.24) is 19.9 Å². The van der Waals surface area contributed by atoms with Crippen LogP contribution in [0.25, 0.3) is 17.0 Å².